The van der Waals surface area contributed by atoms with Crippen molar-refractivity contribution >= 4 is 45.7 Å². The van der Waals surface area contributed by atoms with Gasteiger partial charge in [0.1, 0.15) is 0 Å². The topological polar surface area (TPSA) is 82.1 Å². The number of rotatable bonds is 9. The Morgan fingerprint density at radius 1 is 1.11 bits per heavy atom. The van der Waals surface area contributed by atoms with E-state index in [9.17, 15) is 13.2 Å². The molecule has 0 radical (unpaired) electrons. The molecule has 0 heterocycles. The number of amides is 1. The first-order valence-electron chi connectivity index (χ1n) is 8.90. The first kappa shape index (κ1) is 25.6. The summed E-state index contributed by atoms with van der Waals surface area (Å²) in [7, 11) is -1.60. The minimum atomic E-state index is -3.37. The van der Waals surface area contributed by atoms with Crippen molar-refractivity contribution in [2.75, 3.05) is 45.5 Å². The zero-order chi connectivity index (χ0) is 19.6. The number of aliphatic imine (C=N–C) groups is 1. The standard InChI is InChI=1S/C18H30N4O3S.HI/c1-5-19-18(21(4)15-17(23)22(6-2)7-3)20-13-14-26(24,25)16-11-9-8-10-12-16;/h8-12H,5-7,13-15H2,1-4H3,(H,19,20);1H. The molecule has 0 atom stereocenters. The summed E-state index contributed by atoms with van der Waals surface area (Å²) < 4.78 is 24.6. The molecule has 1 amide bonds. The van der Waals surface area contributed by atoms with E-state index in [1.807, 2.05) is 20.8 Å². The van der Waals surface area contributed by atoms with E-state index in [0.29, 0.717) is 30.5 Å². The first-order chi connectivity index (χ1) is 12.4. The second-order valence-electron chi connectivity index (χ2n) is 5.79. The Morgan fingerprint density at radius 2 is 1.70 bits per heavy atom. The van der Waals surface area contributed by atoms with Crippen LogP contribution in [-0.4, -0.2) is 75.6 Å². The van der Waals surface area contributed by atoms with Crippen LogP contribution in [-0.2, 0) is 14.6 Å². The largest absolute Gasteiger partial charge is 0.357 e. The number of nitrogens with one attached hydrogen (secondary N) is 1. The Morgan fingerprint density at radius 3 is 2.22 bits per heavy atom. The Kier molecular flexibility index (Phi) is 12.3. The summed E-state index contributed by atoms with van der Waals surface area (Å²) in [6.45, 7) is 8.08. The second-order valence-corrected chi connectivity index (χ2v) is 7.90. The molecule has 0 spiro atoms. The van der Waals surface area contributed by atoms with Crippen LogP contribution in [0.1, 0.15) is 20.8 Å². The first-order valence-corrected chi connectivity index (χ1v) is 10.6. The minimum absolute atomic E-state index is 0. The molecule has 0 aliphatic rings. The molecule has 0 fully saturated rings. The SMILES string of the molecule is CCNC(=NCCS(=O)(=O)c1ccccc1)N(C)CC(=O)N(CC)CC.I. The highest BCUT2D eigenvalue weighted by Gasteiger charge is 2.16. The molecule has 0 aliphatic carbocycles. The van der Waals surface area contributed by atoms with Crippen LogP contribution < -0.4 is 5.32 Å². The van der Waals surface area contributed by atoms with Gasteiger partial charge in [0.25, 0.3) is 0 Å². The molecule has 0 aliphatic heterocycles. The number of hydrogen-bond donors (Lipinski definition) is 1. The summed E-state index contributed by atoms with van der Waals surface area (Å²) in [5.74, 6) is 0.459. The van der Waals surface area contributed by atoms with Gasteiger partial charge in [0.2, 0.25) is 5.91 Å². The molecule has 0 aromatic heterocycles. The van der Waals surface area contributed by atoms with Crippen LogP contribution in [0.2, 0.25) is 0 Å². The molecule has 27 heavy (non-hydrogen) atoms. The molecule has 9 heteroatoms. The van der Waals surface area contributed by atoms with E-state index in [-0.39, 0.29) is 48.7 Å². The highest BCUT2D eigenvalue weighted by Crippen LogP contribution is 2.09. The highest BCUT2D eigenvalue weighted by atomic mass is 127. The molecule has 1 aromatic rings. The van der Waals surface area contributed by atoms with Crippen molar-refractivity contribution in [2.45, 2.75) is 25.7 Å². The van der Waals surface area contributed by atoms with E-state index in [4.69, 9.17) is 0 Å². The van der Waals surface area contributed by atoms with Gasteiger partial charge in [-0.2, -0.15) is 0 Å². The van der Waals surface area contributed by atoms with Gasteiger partial charge in [-0.05, 0) is 32.9 Å². The molecule has 154 valence electrons. The molecule has 1 rings (SSSR count). The van der Waals surface area contributed by atoms with Crippen LogP contribution in [0.5, 0.6) is 0 Å². The van der Waals surface area contributed by atoms with E-state index in [1.54, 1.807) is 47.2 Å². The molecule has 7 nitrogen and oxygen atoms in total. The fourth-order valence-corrected chi connectivity index (χ4v) is 3.58. The smallest absolute Gasteiger partial charge is 0.242 e. The Hall–Kier alpha value is -1.36. The van der Waals surface area contributed by atoms with Crippen molar-refractivity contribution in [1.82, 2.24) is 15.1 Å². The number of hydrogen-bond acceptors (Lipinski definition) is 4. The number of likely N-dealkylation sites (N-methyl/N-ethyl adjacent to an activating group) is 2. The summed E-state index contributed by atoms with van der Waals surface area (Å²) in [4.78, 5) is 20.4. The lowest BCUT2D eigenvalue weighted by atomic mass is 10.4. The number of nitrogens with zero attached hydrogens (tertiary/aromatic N) is 3. The van der Waals surface area contributed by atoms with Crippen molar-refractivity contribution in [3.05, 3.63) is 30.3 Å². The van der Waals surface area contributed by atoms with Crippen LogP contribution in [0.3, 0.4) is 0 Å². The lowest BCUT2D eigenvalue weighted by Crippen LogP contribution is -2.45. The molecule has 0 saturated heterocycles. The average molecular weight is 510 g/mol. The zero-order valence-electron chi connectivity index (χ0n) is 16.5. The van der Waals surface area contributed by atoms with Crippen molar-refractivity contribution < 1.29 is 13.2 Å². The maximum atomic E-state index is 12.3. The fourth-order valence-electron chi connectivity index (χ4n) is 2.44. The van der Waals surface area contributed by atoms with E-state index in [2.05, 4.69) is 10.3 Å². The van der Waals surface area contributed by atoms with Gasteiger partial charge in [-0.25, -0.2) is 8.42 Å². The normalized spacial score (nSPS) is 11.5. The molecule has 0 bridgehead atoms. The van der Waals surface area contributed by atoms with Gasteiger partial charge < -0.3 is 15.1 Å². The predicted octanol–water partition coefficient (Wildman–Crippen LogP) is 1.84. The predicted molar refractivity (Wildman–Crippen MR) is 120 cm³/mol. The molecule has 0 saturated carbocycles. The molecule has 0 unspecified atom stereocenters. The fraction of sp³-hybridized carbons (Fsp3) is 0.556. The van der Waals surface area contributed by atoms with Gasteiger partial charge in [-0.3, -0.25) is 9.79 Å². The minimum Gasteiger partial charge on any atom is -0.357 e. The van der Waals surface area contributed by atoms with Crippen LogP contribution in [0.25, 0.3) is 0 Å². The van der Waals surface area contributed by atoms with Gasteiger partial charge in [-0.1, -0.05) is 18.2 Å². The Labute approximate surface area is 180 Å². The van der Waals surface area contributed by atoms with Crippen LogP contribution in [0.4, 0.5) is 0 Å². The van der Waals surface area contributed by atoms with E-state index in [1.165, 1.54) is 0 Å². The number of halogens is 1. The van der Waals surface area contributed by atoms with Gasteiger partial charge in [0.05, 0.1) is 23.7 Å². The Bertz CT molecular complexity index is 692. The Balaban J connectivity index is 0.00000676. The van der Waals surface area contributed by atoms with Crippen LogP contribution in [0, 0.1) is 0 Å². The number of benzene rings is 1. The van der Waals surface area contributed by atoms with E-state index < -0.39 is 9.84 Å². The maximum Gasteiger partial charge on any atom is 0.242 e. The maximum absolute atomic E-state index is 12.3. The monoisotopic (exact) mass is 510 g/mol. The number of carbonyl (C=O) groups is 1. The summed E-state index contributed by atoms with van der Waals surface area (Å²) in [6, 6.07) is 8.35. The lowest BCUT2D eigenvalue weighted by molar-refractivity contribution is -0.131. The van der Waals surface area contributed by atoms with Crippen molar-refractivity contribution in [3.8, 4) is 0 Å². The summed E-state index contributed by atoms with van der Waals surface area (Å²) >= 11 is 0. The third-order valence-corrected chi connectivity index (χ3v) is 5.62. The van der Waals surface area contributed by atoms with Crippen molar-refractivity contribution in [3.63, 3.8) is 0 Å². The molecule has 1 N–H and O–H groups in total. The van der Waals surface area contributed by atoms with Crippen molar-refractivity contribution in [1.29, 1.82) is 0 Å². The van der Waals surface area contributed by atoms with Crippen LogP contribution >= 0.6 is 24.0 Å². The number of guanidine groups is 1. The third-order valence-electron chi connectivity index (χ3n) is 3.91. The van der Waals surface area contributed by atoms with E-state index >= 15 is 0 Å². The van der Waals surface area contributed by atoms with Gasteiger partial charge in [0.15, 0.2) is 15.8 Å². The van der Waals surface area contributed by atoms with Gasteiger partial charge in [-0.15, -0.1) is 24.0 Å². The zero-order valence-corrected chi connectivity index (χ0v) is 19.7. The molecular weight excluding hydrogens is 479 g/mol. The quantitative estimate of drug-likeness (QED) is 0.312. The lowest BCUT2D eigenvalue weighted by Gasteiger charge is -2.25. The van der Waals surface area contributed by atoms with Gasteiger partial charge >= 0.3 is 0 Å². The summed E-state index contributed by atoms with van der Waals surface area (Å²) in [5.41, 5.74) is 0. The van der Waals surface area contributed by atoms with Gasteiger partial charge in [0, 0.05) is 26.7 Å². The number of carbonyl (C=O) groups excluding carboxylic acids is 1. The summed E-state index contributed by atoms with van der Waals surface area (Å²) in [5, 5.41) is 3.10. The third kappa shape index (κ3) is 8.46. The van der Waals surface area contributed by atoms with E-state index in [0.717, 1.165) is 0 Å². The van der Waals surface area contributed by atoms with Crippen LogP contribution in [0.15, 0.2) is 40.2 Å². The molecular formula is C18H31IN4O3S. The highest BCUT2D eigenvalue weighted by molar-refractivity contribution is 14.0. The summed E-state index contributed by atoms with van der Waals surface area (Å²) in [6.07, 6.45) is 0. The molecule has 1 aromatic carbocycles. The second kappa shape index (κ2) is 12.9. The average Bonchev–Trinajstić information content (AvgIpc) is 2.62. The number of sulfone groups is 1. The van der Waals surface area contributed by atoms with Crippen molar-refractivity contribution in [2.24, 2.45) is 4.99 Å².